The highest BCUT2D eigenvalue weighted by Gasteiger charge is 2.18. The zero-order chi connectivity index (χ0) is 41.9. The number of carbonyl (C=O) groups excluding carboxylic acids is 3. The summed E-state index contributed by atoms with van der Waals surface area (Å²) in [6.07, 6.45) is 0.399. The van der Waals surface area contributed by atoms with Crippen molar-refractivity contribution in [1.29, 1.82) is 0 Å². The summed E-state index contributed by atoms with van der Waals surface area (Å²) in [6, 6.07) is 32.0. The van der Waals surface area contributed by atoms with Crippen molar-refractivity contribution < 1.29 is 42.5 Å². The summed E-state index contributed by atoms with van der Waals surface area (Å²) >= 11 is 0. The Kier molecular flexibility index (Phi) is 14.1. The number of ketones is 2. The summed E-state index contributed by atoms with van der Waals surface area (Å²) in [4.78, 5) is 46.8. The zero-order valence-corrected chi connectivity index (χ0v) is 32.9. The van der Waals surface area contributed by atoms with E-state index < -0.39 is 5.97 Å². The molecule has 0 radical (unpaired) electrons. The quantitative estimate of drug-likeness (QED) is 0.105. The van der Waals surface area contributed by atoms with Gasteiger partial charge in [-0.25, -0.2) is 13.6 Å². The largest absolute Gasteiger partial charge is 0.488 e. The van der Waals surface area contributed by atoms with Crippen molar-refractivity contribution in [3.63, 3.8) is 0 Å². The summed E-state index contributed by atoms with van der Waals surface area (Å²) in [6.45, 7) is 9.14. The van der Waals surface area contributed by atoms with Crippen LogP contribution in [-0.4, -0.2) is 33.1 Å². The third kappa shape index (κ3) is 11.6. The van der Waals surface area contributed by atoms with Gasteiger partial charge in [0.15, 0.2) is 5.78 Å². The number of aryl methyl sites for hydroxylation is 3. The molecule has 11 heteroatoms. The molecule has 0 aliphatic rings. The molecule has 0 aliphatic heterocycles. The standard InChI is InChI=1S/C28H25FN2O4.C19H19FO3/c1-17-4-11-27(35-16-20-6-8-22(29)9-7-20)25(12-17)26-10-5-18(2)31(26)24-14-21(28(33)34)13-23(15-24)30-19(3)32;1-13-3-10-19(17(11-13)18(22)9-4-14(2)21)23-12-15-5-7-16(20)8-6-15/h4-15H,16H2,1-3H3,(H,30,32)(H,33,34);3,5-8,10-11H,4,9,12H2,1-2H3. The predicted octanol–water partition coefficient (Wildman–Crippen LogP) is 10.4. The molecular weight excluding hydrogens is 743 g/mol. The number of ether oxygens (including phenoxy) is 2. The highest BCUT2D eigenvalue weighted by atomic mass is 19.1. The fourth-order valence-corrected chi connectivity index (χ4v) is 6.10. The third-order valence-corrected chi connectivity index (χ3v) is 8.99. The van der Waals surface area contributed by atoms with Crippen LogP contribution in [0.2, 0.25) is 0 Å². The van der Waals surface area contributed by atoms with E-state index in [1.807, 2.05) is 61.7 Å². The number of carbonyl (C=O) groups is 4. The van der Waals surface area contributed by atoms with E-state index >= 15 is 0 Å². The van der Waals surface area contributed by atoms with Gasteiger partial charge in [0.2, 0.25) is 5.91 Å². The van der Waals surface area contributed by atoms with Crippen molar-refractivity contribution in [2.75, 3.05) is 5.32 Å². The minimum absolute atomic E-state index is 0.0141. The van der Waals surface area contributed by atoms with Gasteiger partial charge in [-0.3, -0.25) is 9.59 Å². The van der Waals surface area contributed by atoms with Crippen molar-refractivity contribution in [1.82, 2.24) is 4.57 Å². The van der Waals surface area contributed by atoms with Crippen molar-refractivity contribution in [3.05, 3.63) is 166 Å². The normalized spacial score (nSPS) is 10.6. The van der Waals surface area contributed by atoms with Gasteiger partial charge in [0.25, 0.3) is 0 Å². The number of amides is 1. The van der Waals surface area contributed by atoms with Gasteiger partial charge in [0.1, 0.15) is 42.1 Å². The Morgan fingerprint density at radius 2 is 1.22 bits per heavy atom. The second kappa shape index (κ2) is 19.3. The van der Waals surface area contributed by atoms with Crippen LogP contribution in [0.15, 0.2) is 115 Å². The number of halogens is 2. The first-order valence-electron chi connectivity index (χ1n) is 18.5. The van der Waals surface area contributed by atoms with Crippen LogP contribution in [-0.2, 0) is 22.8 Å². The van der Waals surface area contributed by atoms with Gasteiger partial charge in [-0.2, -0.15) is 0 Å². The van der Waals surface area contributed by atoms with Gasteiger partial charge in [0, 0.05) is 42.4 Å². The Bertz CT molecular complexity index is 2440. The lowest BCUT2D eigenvalue weighted by atomic mass is 10.0. The van der Waals surface area contributed by atoms with E-state index in [0.717, 1.165) is 39.2 Å². The number of anilines is 1. The lowest BCUT2D eigenvalue weighted by Gasteiger charge is -2.18. The molecule has 2 N–H and O–H groups in total. The lowest BCUT2D eigenvalue weighted by Crippen LogP contribution is -2.09. The molecule has 9 nitrogen and oxygen atoms in total. The van der Waals surface area contributed by atoms with Crippen molar-refractivity contribution in [2.45, 2.75) is 60.7 Å². The number of aromatic nitrogens is 1. The topological polar surface area (TPSA) is 124 Å². The Balaban J connectivity index is 0.000000242. The SMILES string of the molecule is CC(=O)CCC(=O)c1cc(C)ccc1OCc1ccc(F)cc1.CC(=O)Nc1cc(C(=O)O)cc(-n2c(C)ccc2-c2cc(C)ccc2OCc2ccc(F)cc2)c1. The summed E-state index contributed by atoms with van der Waals surface area (Å²) in [5.74, 6) is -1.01. The van der Waals surface area contributed by atoms with E-state index in [2.05, 4.69) is 5.32 Å². The highest BCUT2D eigenvalue weighted by molar-refractivity contribution is 6.00. The fourth-order valence-electron chi connectivity index (χ4n) is 6.10. The van der Waals surface area contributed by atoms with Gasteiger partial charge < -0.3 is 29.3 Å². The second-order valence-corrected chi connectivity index (χ2v) is 13.9. The highest BCUT2D eigenvalue weighted by Crippen LogP contribution is 2.36. The van der Waals surface area contributed by atoms with E-state index in [1.54, 1.807) is 48.5 Å². The van der Waals surface area contributed by atoms with Crippen LogP contribution in [0.4, 0.5) is 14.5 Å². The molecular formula is C47H44F2N2O7. The molecule has 1 amide bonds. The van der Waals surface area contributed by atoms with Gasteiger partial charge >= 0.3 is 5.97 Å². The van der Waals surface area contributed by atoms with Crippen LogP contribution in [0.5, 0.6) is 11.5 Å². The smallest absolute Gasteiger partial charge is 0.335 e. The summed E-state index contributed by atoms with van der Waals surface area (Å²) < 4.78 is 39.9. The van der Waals surface area contributed by atoms with E-state index in [0.29, 0.717) is 28.4 Å². The van der Waals surface area contributed by atoms with E-state index in [1.165, 1.54) is 44.2 Å². The Morgan fingerprint density at radius 1 is 0.655 bits per heavy atom. The van der Waals surface area contributed by atoms with Crippen LogP contribution in [0.3, 0.4) is 0 Å². The number of rotatable bonds is 14. The number of hydrogen-bond donors (Lipinski definition) is 2. The Morgan fingerprint density at radius 3 is 1.79 bits per heavy atom. The molecule has 1 heterocycles. The van der Waals surface area contributed by atoms with Gasteiger partial charge in [0.05, 0.1) is 16.8 Å². The average Bonchev–Trinajstić information content (AvgIpc) is 3.57. The summed E-state index contributed by atoms with van der Waals surface area (Å²) in [5, 5.41) is 12.3. The monoisotopic (exact) mass is 786 g/mol. The van der Waals surface area contributed by atoms with Crippen molar-refractivity contribution >= 4 is 29.1 Å². The molecule has 298 valence electrons. The average molecular weight is 787 g/mol. The third-order valence-electron chi connectivity index (χ3n) is 8.99. The molecule has 0 fully saturated rings. The van der Waals surface area contributed by atoms with Crippen LogP contribution < -0.4 is 14.8 Å². The minimum atomic E-state index is -1.09. The molecule has 58 heavy (non-hydrogen) atoms. The fraction of sp³-hybridized carbons (Fsp3) is 0.191. The number of carboxylic acid groups (broad SMARTS) is 1. The Hall–Kier alpha value is -6.88. The zero-order valence-electron chi connectivity index (χ0n) is 32.9. The predicted molar refractivity (Wildman–Crippen MR) is 219 cm³/mol. The number of Topliss-reactive ketones (excluding diaryl/α,β-unsaturated/α-hetero) is 2. The van der Waals surface area contributed by atoms with Crippen LogP contribution in [0.25, 0.3) is 16.9 Å². The molecule has 5 aromatic carbocycles. The van der Waals surface area contributed by atoms with Gasteiger partial charge in [-0.1, -0.05) is 47.5 Å². The number of carboxylic acids is 1. The molecule has 0 bridgehead atoms. The summed E-state index contributed by atoms with van der Waals surface area (Å²) in [5.41, 5.74) is 7.65. The molecule has 0 unspecified atom stereocenters. The number of hydrogen-bond acceptors (Lipinski definition) is 6. The van der Waals surface area contributed by atoms with Gasteiger partial charge in [-0.05, 0) is 118 Å². The number of benzene rings is 5. The van der Waals surface area contributed by atoms with Crippen LogP contribution >= 0.6 is 0 Å². The maximum atomic E-state index is 13.3. The second-order valence-electron chi connectivity index (χ2n) is 13.9. The number of nitrogens with one attached hydrogen (secondary N) is 1. The van der Waals surface area contributed by atoms with E-state index in [9.17, 15) is 33.1 Å². The lowest BCUT2D eigenvalue weighted by molar-refractivity contribution is -0.117. The number of aromatic carboxylic acids is 1. The first-order valence-corrected chi connectivity index (χ1v) is 18.5. The first kappa shape index (κ1) is 42.3. The van der Waals surface area contributed by atoms with Gasteiger partial charge in [-0.15, -0.1) is 0 Å². The molecule has 0 atom stereocenters. The van der Waals surface area contributed by atoms with Crippen molar-refractivity contribution in [2.24, 2.45) is 0 Å². The minimum Gasteiger partial charge on any atom is -0.488 e. The number of nitrogens with zero attached hydrogens (tertiary/aromatic N) is 1. The molecule has 0 saturated heterocycles. The molecule has 0 spiro atoms. The van der Waals surface area contributed by atoms with E-state index in [-0.39, 0.29) is 60.7 Å². The van der Waals surface area contributed by atoms with Crippen LogP contribution in [0, 0.1) is 32.4 Å². The van der Waals surface area contributed by atoms with Crippen LogP contribution in [0.1, 0.15) is 75.4 Å². The van der Waals surface area contributed by atoms with Crippen molar-refractivity contribution in [3.8, 4) is 28.4 Å². The summed E-state index contributed by atoms with van der Waals surface area (Å²) in [7, 11) is 0. The maximum Gasteiger partial charge on any atom is 0.335 e. The molecule has 6 aromatic rings. The molecule has 1 aromatic heterocycles. The molecule has 0 aliphatic carbocycles. The Labute approximate surface area is 335 Å². The molecule has 6 rings (SSSR count). The maximum absolute atomic E-state index is 13.3. The van der Waals surface area contributed by atoms with E-state index in [4.69, 9.17) is 9.47 Å². The first-order chi connectivity index (χ1) is 27.7. The molecule has 0 saturated carbocycles.